The normalized spacial score (nSPS) is 10.2. The van der Waals surface area contributed by atoms with Crippen molar-refractivity contribution in [2.75, 3.05) is 32.1 Å². The van der Waals surface area contributed by atoms with Crippen molar-refractivity contribution >= 4 is 35.0 Å². The van der Waals surface area contributed by atoms with Gasteiger partial charge in [-0.1, -0.05) is 17.7 Å². The largest absolute Gasteiger partial charge is 0.497 e. The molecule has 0 unspecified atom stereocenters. The van der Waals surface area contributed by atoms with E-state index in [9.17, 15) is 14.4 Å². The monoisotopic (exact) mass is 417 g/mol. The van der Waals surface area contributed by atoms with E-state index in [-0.39, 0.29) is 37.2 Å². The van der Waals surface area contributed by atoms with E-state index in [2.05, 4.69) is 10.6 Å². The summed E-state index contributed by atoms with van der Waals surface area (Å²) in [6.45, 7) is 2.28. The quantitative estimate of drug-likeness (QED) is 0.656. The van der Waals surface area contributed by atoms with Crippen LogP contribution in [0.3, 0.4) is 0 Å². The first-order valence-electron chi connectivity index (χ1n) is 9.18. The predicted molar refractivity (Wildman–Crippen MR) is 112 cm³/mol. The van der Waals surface area contributed by atoms with Crippen LogP contribution in [0.4, 0.5) is 5.69 Å². The third-order valence-electron chi connectivity index (χ3n) is 4.15. The summed E-state index contributed by atoms with van der Waals surface area (Å²) >= 11 is 5.80. The van der Waals surface area contributed by atoms with Gasteiger partial charge in [0, 0.05) is 41.9 Å². The molecule has 0 aliphatic carbocycles. The molecule has 0 radical (unpaired) electrons. The number of nitrogens with one attached hydrogen (secondary N) is 2. The molecule has 154 valence electrons. The summed E-state index contributed by atoms with van der Waals surface area (Å²) in [7, 11) is 1.55. The Balaban J connectivity index is 1.80. The number of methoxy groups -OCH3 is 1. The summed E-state index contributed by atoms with van der Waals surface area (Å²) in [5.41, 5.74) is 1.06. The van der Waals surface area contributed by atoms with Crippen molar-refractivity contribution in [3.8, 4) is 5.75 Å². The molecular weight excluding hydrogens is 394 g/mol. The number of halogens is 1. The molecule has 0 bridgehead atoms. The van der Waals surface area contributed by atoms with E-state index < -0.39 is 0 Å². The molecule has 2 N–H and O–H groups in total. The van der Waals surface area contributed by atoms with Gasteiger partial charge in [0.15, 0.2) is 0 Å². The van der Waals surface area contributed by atoms with Gasteiger partial charge >= 0.3 is 0 Å². The molecule has 0 atom stereocenters. The van der Waals surface area contributed by atoms with E-state index in [1.54, 1.807) is 62.6 Å². The first kappa shape index (κ1) is 22.2. The predicted octanol–water partition coefficient (Wildman–Crippen LogP) is 2.96. The Morgan fingerprint density at radius 2 is 1.83 bits per heavy atom. The zero-order valence-electron chi connectivity index (χ0n) is 16.4. The Morgan fingerprint density at radius 1 is 1.10 bits per heavy atom. The number of amides is 3. The van der Waals surface area contributed by atoms with E-state index in [1.165, 1.54) is 4.90 Å². The number of benzene rings is 2. The first-order valence-corrected chi connectivity index (χ1v) is 9.56. The molecule has 0 aliphatic heterocycles. The molecule has 0 heterocycles. The highest BCUT2D eigenvalue weighted by Crippen LogP contribution is 2.16. The summed E-state index contributed by atoms with van der Waals surface area (Å²) < 4.78 is 5.12. The van der Waals surface area contributed by atoms with Crippen LogP contribution in [0.15, 0.2) is 48.5 Å². The second-order valence-electron chi connectivity index (χ2n) is 6.20. The molecule has 0 aromatic heterocycles. The van der Waals surface area contributed by atoms with E-state index >= 15 is 0 Å². The second kappa shape index (κ2) is 11.1. The second-order valence-corrected chi connectivity index (χ2v) is 6.64. The molecule has 0 saturated carbocycles. The fraction of sp³-hybridized carbons (Fsp3) is 0.286. The Morgan fingerprint density at radius 3 is 2.48 bits per heavy atom. The highest BCUT2D eigenvalue weighted by Gasteiger charge is 2.16. The third-order valence-corrected chi connectivity index (χ3v) is 4.41. The number of hydrogen-bond donors (Lipinski definition) is 2. The first-order chi connectivity index (χ1) is 13.9. The van der Waals surface area contributed by atoms with Gasteiger partial charge in [-0.3, -0.25) is 14.4 Å². The topological polar surface area (TPSA) is 87.7 Å². The highest BCUT2D eigenvalue weighted by molar-refractivity contribution is 6.30. The van der Waals surface area contributed by atoms with Gasteiger partial charge in [0.05, 0.1) is 13.7 Å². The lowest BCUT2D eigenvalue weighted by Crippen LogP contribution is -2.39. The summed E-state index contributed by atoms with van der Waals surface area (Å²) in [6.07, 6.45) is 0.0968. The van der Waals surface area contributed by atoms with Gasteiger partial charge in [-0.15, -0.1) is 0 Å². The van der Waals surface area contributed by atoms with Crippen molar-refractivity contribution in [2.24, 2.45) is 0 Å². The van der Waals surface area contributed by atoms with Crippen LogP contribution in [0.25, 0.3) is 0 Å². The van der Waals surface area contributed by atoms with Gasteiger partial charge in [0.25, 0.3) is 5.91 Å². The minimum absolute atomic E-state index is 0.0718. The fourth-order valence-corrected chi connectivity index (χ4v) is 2.72. The molecule has 2 rings (SSSR count). The average molecular weight is 418 g/mol. The van der Waals surface area contributed by atoms with Crippen molar-refractivity contribution in [3.63, 3.8) is 0 Å². The summed E-state index contributed by atoms with van der Waals surface area (Å²) in [5.74, 6) is -0.181. The number of carbonyl (C=O) groups excluding carboxylic acids is 3. The SMILES string of the molecule is CCN(CC(=O)Nc1cccc(OC)c1)C(=O)CCNC(=O)c1ccc(Cl)cc1. The van der Waals surface area contributed by atoms with Gasteiger partial charge in [0.1, 0.15) is 5.75 Å². The molecule has 29 heavy (non-hydrogen) atoms. The van der Waals surface area contributed by atoms with E-state index in [4.69, 9.17) is 16.3 Å². The number of anilines is 1. The molecular formula is C21H24ClN3O4. The van der Waals surface area contributed by atoms with Crippen molar-refractivity contribution in [1.82, 2.24) is 10.2 Å². The maximum atomic E-state index is 12.4. The summed E-state index contributed by atoms with van der Waals surface area (Å²) in [4.78, 5) is 38.1. The van der Waals surface area contributed by atoms with Crippen LogP contribution < -0.4 is 15.4 Å². The van der Waals surface area contributed by atoms with Crippen LogP contribution in [-0.2, 0) is 9.59 Å². The zero-order chi connectivity index (χ0) is 21.2. The standard InChI is InChI=1S/C21H24ClN3O4/c1-3-25(14-19(26)24-17-5-4-6-18(13-17)29-2)20(27)11-12-23-21(28)15-7-9-16(22)10-8-15/h4-10,13H,3,11-12,14H2,1-2H3,(H,23,28)(H,24,26). The van der Waals surface area contributed by atoms with E-state index in [0.717, 1.165) is 0 Å². The number of hydrogen-bond acceptors (Lipinski definition) is 4. The lowest BCUT2D eigenvalue weighted by molar-refractivity contribution is -0.134. The number of nitrogens with zero attached hydrogens (tertiary/aromatic N) is 1. The molecule has 8 heteroatoms. The van der Waals surface area contributed by atoms with Crippen molar-refractivity contribution in [2.45, 2.75) is 13.3 Å². The smallest absolute Gasteiger partial charge is 0.251 e. The van der Waals surface area contributed by atoms with Gasteiger partial charge in [-0.2, -0.15) is 0 Å². The maximum absolute atomic E-state index is 12.4. The molecule has 3 amide bonds. The fourth-order valence-electron chi connectivity index (χ4n) is 2.60. The van der Waals surface area contributed by atoms with Crippen LogP contribution in [-0.4, -0.2) is 49.4 Å². The molecule has 7 nitrogen and oxygen atoms in total. The Bertz CT molecular complexity index is 855. The minimum Gasteiger partial charge on any atom is -0.497 e. The number of rotatable bonds is 9. The van der Waals surface area contributed by atoms with Crippen LogP contribution >= 0.6 is 11.6 Å². The molecule has 0 spiro atoms. The molecule has 2 aromatic carbocycles. The average Bonchev–Trinajstić information content (AvgIpc) is 2.72. The number of ether oxygens (including phenoxy) is 1. The Labute approximate surface area is 175 Å². The van der Waals surface area contributed by atoms with E-state index in [0.29, 0.717) is 28.6 Å². The maximum Gasteiger partial charge on any atom is 0.251 e. The van der Waals surface area contributed by atoms with Gasteiger partial charge < -0.3 is 20.3 Å². The highest BCUT2D eigenvalue weighted by atomic mass is 35.5. The summed E-state index contributed by atoms with van der Waals surface area (Å²) in [6, 6.07) is 13.5. The molecule has 0 saturated heterocycles. The molecule has 2 aromatic rings. The lowest BCUT2D eigenvalue weighted by atomic mass is 10.2. The zero-order valence-corrected chi connectivity index (χ0v) is 17.2. The Hall–Kier alpha value is -3.06. The van der Waals surface area contributed by atoms with Gasteiger partial charge in [-0.25, -0.2) is 0 Å². The molecule has 0 fully saturated rings. The summed E-state index contributed by atoms with van der Waals surface area (Å²) in [5, 5.41) is 5.98. The van der Waals surface area contributed by atoms with Crippen LogP contribution in [0, 0.1) is 0 Å². The van der Waals surface area contributed by atoms with Gasteiger partial charge in [0.2, 0.25) is 11.8 Å². The van der Waals surface area contributed by atoms with Crippen LogP contribution in [0.2, 0.25) is 5.02 Å². The van der Waals surface area contributed by atoms with Crippen molar-refractivity contribution in [1.29, 1.82) is 0 Å². The van der Waals surface area contributed by atoms with Crippen molar-refractivity contribution in [3.05, 3.63) is 59.1 Å². The van der Waals surface area contributed by atoms with Gasteiger partial charge in [-0.05, 0) is 43.3 Å². The lowest BCUT2D eigenvalue weighted by Gasteiger charge is -2.20. The Kier molecular flexibility index (Phi) is 8.48. The molecule has 0 aliphatic rings. The number of likely N-dealkylation sites (N-methyl/N-ethyl adjacent to an activating group) is 1. The van der Waals surface area contributed by atoms with Crippen LogP contribution in [0.1, 0.15) is 23.7 Å². The van der Waals surface area contributed by atoms with Crippen molar-refractivity contribution < 1.29 is 19.1 Å². The number of carbonyl (C=O) groups is 3. The van der Waals surface area contributed by atoms with Crippen LogP contribution in [0.5, 0.6) is 5.75 Å². The minimum atomic E-state index is -0.307. The third kappa shape index (κ3) is 7.12. The van der Waals surface area contributed by atoms with E-state index in [1.807, 2.05) is 0 Å².